The number of nitrogens with zero attached hydrogens (tertiary/aromatic N) is 2. The van der Waals surface area contributed by atoms with Gasteiger partial charge in [-0.15, -0.1) is 0 Å². The van der Waals surface area contributed by atoms with Gasteiger partial charge in [-0.25, -0.2) is 4.79 Å². The smallest absolute Gasteiger partial charge is 0.324 e. The summed E-state index contributed by atoms with van der Waals surface area (Å²) in [6, 6.07) is 12.9. The summed E-state index contributed by atoms with van der Waals surface area (Å²) in [5, 5.41) is 16.2. The number of nitrogen functional groups attached to an aromatic ring is 1. The van der Waals surface area contributed by atoms with Crippen LogP contribution in [-0.2, 0) is 4.79 Å². The Balaban J connectivity index is 1.78. The number of benzene rings is 2. The van der Waals surface area contributed by atoms with E-state index in [-0.39, 0.29) is 24.8 Å². The Morgan fingerprint density at radius 3 is 2.41 bits per heavy atom. The maximum absolute atomic E-state index is 12.5. The van der Waals surface area contributed by atoms with E-state index in [1.54, 1.807) is 21.9 Å². The number of anilines is 1. The standard InChI is InChI=1S/C19H19BrN4O3/c20-15-11-14(12-1-3-13(4-2-12)18(21)22)5-6-16(15)24-10-9-23(19(24)27)8-7-17(25)26/h1-6,11H,7-10H2,(H3,21,22)(H,25,26). The molecule has 0 spiro atoms. The van der Waals surface area contributed by atoms with Gasteiger partial charge in [0.25, 0.3) is 0 Å². The number of carboxylic acids is 1. The zero-order chi connectivity index (χ0) is 19.6. The van der Waals surface area contributed by atoms with Crippen LogP contribution in [-0.4, -0.2) is 47.5 Å². The van der Waals surface area contributed by atoms with E-state index in [1.807, 2.05) is 30.3 Å². The van der Waals surface area contributed by atoms with Crippen molar-refractivity contribution in [1.29, 1.82) is 5.41 Å². The van der Waals surface area contributed by atoms with Gasteiger partial charge in [0.05, 0.1) is 12.1 Å². The summed E-state index contributed by atoms with van der Waals surface area (Å²) < 4.78 is 0.782. The average Bonchev–Trinajstić information content (AvgIpc) is 3.00. The molecule has 2 aromatic carbocycles. The van der Waals surface area contributed by atoms with Crippen LogP contribution in [0.2, 0.25) is 0 Å². The van der Waals surface area contributed by atoms with E-state index >= 15 is 0 Å². The van der Waals surface area contributed by atoms with Crippen LogP contribution in [0, 0.1) is 5.41 Å². The number of carbonyl (C=O) groups is 2. The first-order chi connectivity index (χ1) is 12.9. The Kier molecular flexibility index (Phi) is 5.46. The Hall–Kier alpha value is -2.87. The van der Waals surface area contributed by atoms with Gasteiger partial charge < -0.3 is 15.7 Å². The van der Waals surface area contributed by atoms with Crippen molar-refractivity contribution >= 4 is 39.5 Å². The lowest BCUT2D eigenvalue weighted by Crippen LogP contribution is -2.33. The van der Waals surface area contributed by atoms with E-state index in [9.17, 15) is 9.59 Å². The summed E-state index contributed by atoms with van der Waals surface area (Å²) in [7, 11) is 0. The number of carboxylic acid groups (broad SMARTS) is 1. The zero-order valence-electron chi connectivity index (χ0n) is 14.5. The molecule has 1 aliphatic heterocycles. The SMILES string of the molecule is N=C(N)c1ccc(-c2ccc(N3CCN(CCC(=O)O)C3=O)c(Br)c2)cc1. The fraction of sp³-hybridized carbons (Fsp3) is 0.211. The quantitative estimate of drug-likeness (QED) is 0.482. The molecule has 0 aromatic heterocycles. The Labute approximate surface area is 165 Å². The highest BCUT2D eigenvalue weighted by Gasteiger charge is 2.30. The van der Waals surface area contributed by atoms with Gasteiger partial charge in [0.2, 0.25) is 0 Å². The number of rotatable bonds is 6. The lowest BCUT2D eigenvalue weighted by molar-refractivity contribution is -0.137. The Morgan fingerprint density at radius 1 is 1.15 bits per heavy atom. The van der Waals surface area contributed by atoms with Gasteiger partial charge in [0, 0.05) is 29.7 Å². The first kappa shape index (κ1) is 18.9. The summed E-state index contributed by atoms with van der Waals surface area (Å²) in [5.74, 6) is -0.888. The van der Waals surface area contributed by atoms with Gasteiger partial charge in [0.15, 0.2) is 0 Å². The van der Waals surface area contributed by atoms with Crippen molar-refractivity contribution < 1.29 is 14.7 Å². The molecule has 0 bridgehead atoms. The predicted molar refractivity (Wildman–Crippen MR) is 107 cm³/mol. The number of amidine groups is 1. The molecular formula is C19H19BrN4O3. The third kappa shape index (κ3) is 4.11. The lowest BCUT2D eigenvalue weighted by atomic mass is 10.0. The van der Waals surface area contributed by atoms with Crippen molar-refractivity contribution in [3.05, 3.63) is 52.5 Å². The molecule has 7 nitrogen and oxygen atoms in total. The van der Waals surface area contributed by atoms with E-state index in [1.165, 1.54) is 0 Å². The second-order valence-electron chi connectivity index (χ2n) is 6.22. The predicted octanol–water partition coefficient (Wildman–Crippen LogP) is 3.12. The van der Waals surface area contributed by atoms with Crippen LogP contribution in [0.25, 0.3) is 11.1 Å². The van der Waals surface area contributed by atoms with Crippen molar-refractivity contribution in [2.75, 3.05) is 24.5 Å². The van der Waals surface area contributed by atoms with Crippen LogP contribution in [0.5, 0.6) is 0 Å². The molecule has 1 aliphatic rings. The van der Waals surface area contributed by atoms with Gasteiger partial charge in [-0.05, 0) is 39.2 Å². The molecule has 140 valence electrons. The number of urea groups is 1. The number of carbonyl (C=O) groups excluding carboxylic acids is 1. The summed E-state index contributed by atoms with van der Waals surface area (Å²) >= 11 is 3.54. The highest BCUT2D eigenvalue weighted by atomic mass is 79.9. The molecule has 8 heteroatoms. The minimum Gasteiger partial charge on any atom is -0.481 e. The molecular weight excluding hydrogens is 412 g/mol. The van der Waals surface area contributed by atoms with Gasteiger partial charge in [-0.3, -0.25) is 15.1 Å². The summed E-state index contributed by atoms with van der Waals surface area (Å²) in [6.45, 7) is 1.24. The van der Waals surface area contributed by atoms with Crippen molar-refractivity contribution in [3.63, 3.8) is 0 Å². The molecule has 1 fully saturated rings. The second kappa shape index (κ2) is 7.79. The van der Waals surface area contributed by atoms with Crippen molar-refractivity contribution in [1.82, 2.24) is 4.90 Å². The molecule has 2 amide bonds. The van der Waals surface area contributed by atoms with Gasteiger partial charge in [-0.1, -0.05) is 30.3 Å². The van der Waals surface area contributed by atoms with Crippen molar-refractivity contribution in [2.24, 2.45) is 5.73 Å². The number of hydrogen-bond acceptors (Lipinski definition) is 3. The van der Waals surface area contributed by atoms with Crippen LogP contribution in [0.4, 0.5) is 10.5 Å². The summed E-state index contributed by atoms with van der Waals surface area (Å²) in [5.41, 5.74) is 8.84. The molecule has 0 aliphatic carbocycles. The Bertz CT molecular complexity index is 898. The molecule has 0 unspecified atom stereocenters. The molecule has 3 rings (SSSR count). The topological polar surface area (TPSA) is 111 Å². The largest absolute Gasteiger partial charge is 0.481 e. The molecule has 4 N–H and O–H groups in total. The second-order valence-corrected chi connectivity index (χ2v) is 7.08. The molecule has 0 atom stereocenters. The highest BCUT2D eigenvalue weighted by molar-refractivity contribution is 9.10. The van der Waals surface area contributed by atoms with Crippen LogP contribution in [0.15, 0.2) is 46.9 Å². The number of amides is 2. The monoisotopic (exact) mass is 430 g/mol. The maximum atomic E-state index is 12.5. The number of nitrogens with one attached hydrogen (secondary N) is 1. The van der Waals surface area contributed by atoms with Crippen molar-refractivity contribution in [2.45, 2.75) is 6.42 Å². The van der Waals surface area contributed by atoms with Gasteiger partial charge in [-0.2, -0.15) is 0 Å². The molecule has 1 heterocycles. The average molecular weight is 431 g/mol. The molecule has 27 heavy (non-hydrogen) atoms. The minimum atomic E-state index is -0.914. The van der Waals surface area contributed by atoms with E-state index in [4.69, 9.17) is 16.2 Å². The van der Waals surface area contributed by atoms with E-state index in [2.05, 4.69) is 15.9 Å². The van der Waals surface area contributed by atoms with Crippen LogP contribution in [0.3, 0.4) is 0 Å². The normalized spacial score (nSPS) is 13.9. The summed E-state index contributed by atoms with van der Waals surface area (Å²) in [6.07, 6.45) is -0.0596. The first-order valence-electron chi connectivity index (χ1n) is 8.39. The number of hydrogen-bond donors (Lipinski definition) is 3. The van der Waals surface area contributed by atoms with E-state index < -0.39 is 5.97 Å². The number of halogens is 1. The third-order valence-corrected chi connectivity index (χ3v) is 5.09. The molecule has 0 radical (unpaired) electrons. The maximum Gasteiger partial charge on any atom is 0.324 e. The lowest BCUT2D eigenvalue weighted by Gasteiger charge is -2.20. The van der Waals surface area contributed by atoms with Crippen molar-refractivity contribution in [3.8, 4) is 11.1 Å². The fourth-order valence-corrected chi connectivity index (χ4v) is 3.58. The number of aliphatic carboxylic acids is 1. The summed E-state index contributed by atoms with van der Waals surface area (Å²) in [4.78, 5) is 26.5. The molecule has 0 saturated carbocycles. The fourth-order valence-electron chi connectivity index (χ4n) is 2.99. The van der Waals surface area contributed by atoms with Gasteiger partial charge in [0.1, 0.15) is 5.84 Å². The van der Waals surface area contributed by atoms with Gasteiger partial charge >= 0.3 is 12.0 Å². The highest BCUT2D eigenvalue weighted by Crippen LogP contribution is 2.33. The first-order valence-corrected chi connectivity index (χ1v) is 9.18. The van der Waals surface area contributed by atoms with Crippen LogP contribution in [0.1, 0.15) is 12.0 Å². The Morgan fingerprint density at radius 2 is 1.81 bits per heavy atom. The molecule has 1 saturated heterocycles. The van der Waals surface area contributed by atoms with Crippen LogP contribution >= 0.6 is 15.9 Å². The number of nitrogens with two attached hydrogens (primary N) is 1. The third-order valence-electron chi connectivity index (χ3n) is 4.46. The van der Waals surface area contributed by atoms with E-state index in [0.717, 1.165) is 21.3 Å². The molecule has 2 aromatic rings. The zero-order valence-corrected chi connectivity index (χ0v) is 16.1. The van der Waals surface area contributed by atoms with E-state index in [0.29, 0.717) is 18.7 Å². The van der Waals surface area contributed by atoms with Crippen LogP contribution < -0.4 is 10.6 Å². The minimum absolute atomic E-state index is 0.0260.